The molecule has 0 bridgehead atoms. The Morgan fingerprint density at radius 1 is 1.67 bits per heavy atom. The first-order valence-corrected chi connectivity index (χ1v) is 5.31. The largest absolute Gasteiger partial charge is 0.462 e. The molecule has 5 nitrogen and oxygen atoms in total. The van der Waals surface area contributed by atoms with Gasteiger partial charge in [-0.3, -0.25) is 0 Å². The van der Waals surface area contributed by atoms with Crippen molar-refractivity contribution >= 4 is 17.3 Å². The monoisotopic (exact) mass is 223 g/mol. The van der Waals surface area contributed by atoms with E-state index in [9.17, 15) is 4.79 Å². The molecule has 0 aliphatic carbocycles. The van der Waals surface area contributed by atoms with Crippen LogP contribution in [0, 0.1) is 0 Å². The minimum Gasteiger partial charge on any atom is -0.462 e. The average molecular weight is 223 g/mol. The number of hydrogen-bond acceptors (Lipinski definition) is 5. The molecule has 0 amide bonds. The van der Waals surface area contributed by atoms with Gasteiger partial charge in [-0.15, -0.1) is 11.3 Å². The summed E-state index contributed by atoms with van der Waals surface area (Å²) in [6, 6.07) is 0. The number of thiazole rings is 1. The Morgan fingerprint density at radius 2 is 2.53 bits per heavy atom. The molecular weight excluding hydrogens is 214 g/mol. The second-order valence-electron chi connectivity index (χ2n) is 2.71. The van der Waals surface area contributed by atoms with Crippen LogP contribution in [0.15, 0.2) is 24.0 Å². The summed E-state index contributed by atoms with van der Waals surface area (Å²) < 4.78 is 6.40. The van der Waals surface area contributed by atoms with Crippen molar-refractivity contribution in [1.82, 2.24) is 14.8 Å². The number of aromatic nitrogens is 3. The third kappa shape index (κ3) is 2.04. The zero-order valence-corrected chi connectivity index (χ0v) is 8.90. The third-order valence-corrected chi connectivity index (χ3v) is 2.47. The molecular formula is C9H9N3O2S. The van der Waals surface area contributed by atoms with Crippen LogP contribution in [-0.4, -0.2) is 27.3 Å². The Labute approximate surface area is 90.3 Å². The summed E-state index contributed by atoms with van der Waals surface area (Å²) in [5, 5.41) is 6.60. The minimum absolute atomic E-state index is 0.361. The fourth-order valence-corrected chi connectivity index (χ4v) is 1.65. The number of ether oxygens (including phenoxy) is 1. The van der Waals surface area contributed by atoms with Gasteiger partial charge in [0.25, 0.3) is 0 Å². The molecule has 0 saturated carbocycles. The van der Waals surface area contributed by atoms with E-state index in [2.05, 4.69) is 10.1 Å². The molecule has 0 aliphatic heterocycles. The highest BCUT2D eigenvalue weighted by atomic mass is 32.1. The van der Waals surface area contributed by atoms with Gasteiger partial charge in [-0.2, -0.15) is 5.10 Å². The molecule has 0 N–H and O–H groups in total. The van der Waals surface area contributed by atoms with Gasteiger partial charge in [-0.1, -0.05) is 0 Å². The molecule has 78 valence electrons. The second kappa shape index (κ2) is 4.22. The molecule has 0 atom stereocenters. The van der Waals surface area contributed by atoms with Crippen molar-refractivity contribution in [2.24, 2.45) is 0 Å². The summed E-state index contributed by atoms with van der Waals surface area (Å²) in [4.78, 5) is 15.4. The van der Waals surface area contributed by atoms with Gasteiger partial charge in [-0.25, -0.2) is 14.5 Å². The van der Waals surface area contributed by atoms with Gasteiger partial charge < -0.3 is 4.74 Å². The lowest BCUT2D eigenvalue weighted by Crippen LogP contribution is -2.03. The number of nitrogens with zero attached hydrogens (tertiary/aromatic N) is 3. The smallest absolute Gasteiger partial charge is 0.341 e. The zero-order chi connectivity index (χ0) is 10.7. The molecule has 2 aromatic heterocycles. The van der Waals surface area contributed by atoms with Crippen LogP contribution in [0.3, 0.4) is 0 Å². The SMILES string of the molecule is CCOC(=O)c1cnn(-c2nccs2)c1. The standard InChI is InChI=1S/C9H9N3O2S/c1-2-14-8(13)7-5-11-12(6-7)9-10-3-4-15-9/h3-6H,2H2,1H3. The van der Waals surface area contributed by atoms with Crippen molar-refractivity contribution in [3.05, 3.63) is 29.5 Å². The topological polar surface area (TPSA) is 57.0 Å². The first kappa shape index (κ1) is 9.85. The summed E-state index contributed by atoms with van der Waals surface area (Å²) in [6.45, 7) is 2.13. The molecule has 15 heavy (non-hydrogen) atoms. The van der Waals surface area contributed by atoms with Crippen molar-refractivity contribution in [3.63, 3.8) is 0 Å². The number of rotatable bonds is 3. The predicted octanol–water partition coefficient (Wildman–Crippen LogP) is 1.51. The van der Waals surface area contributed by atoms with Crippen LogP contribution >= 0.6 is 11.3 Å². The average Bonchev–Trinajstić information content (AvgIpc) is 2.89. The Hall–Kier alpha value is -1.69. The van der Waals surface area contributed by atoms with Crippen LogP contribution in [-0.2, 0) is 4.74 Å². The summed E-state index contributed by atoms with van der Waals surface area (Å²) in [5.41, 5.74) is 0.437. The molecule has 0 radical (unpaired) electrons. The van der Waals surface area contributed by atoms with Crippen LogP contribution in [0.4, 0.5) is 0 Å². The highest BCUT2D eigenvalue weighted by molar-refractivity contribution is 7.12. The van der Waals surface area contributed by atoms with E-state index in [1.165, 1.54) is 17.5 Å². The van der Waals surface area contributed by atoms with Crippen LogP contribution in [0.1, 0.15) is 17.3 Å². The Morgan fingerprint density at radius 3 is 3.20 bits per heavy atom. The number of hydrogen-bond donors (Lipinski definition) is 0. The van der Waals surface area contributed by atoms with Crippen LogP contribution in [0.25, 0.3) is 5.13 Å². The fourth-order valence-electron chi connectivity index (χ4n) is 1.08. The van der Waals surface area contributed by atoms with E-state index >= 15 is 0 Å². The quantitative estimate of drug-likeness (QED) is 0.740. The van der Waals surface area contributed by atoms with E-state index in [1.807, 2.05) is 5.38 Å². The van der Waals surface area contributed by atoms with E-state index in [-0.39, 0.29) is 5.97 Å². The summed E-state index contributed by atoms with van der Waals surface area (Å²) in [6.07, 6.45) is 4.77. The van der Waals surface area contributed by atoms with Crippen molar-refractivity contribution in [2.45, 2.75) is 6.92 Å². The lowest BCUT2D eigenvalue weighted by molar-refractivity contribution is 0.0526. The Bertz CT molecular complexity index is 450. The molecule has 6 heteroatoms. The van der Waals surface area contributed by atoms with Crippen LogP contribution < -0.4 is 0 Å². The van der Waals surface area contributed by atoms with E-state index in [0.717, 1.165) is 5.13 Å². The van der Waals surface area contributed by atoms with E-state index in [1.54, 1.807) is 24.0 Å². The number of carbonyl (C=O) groups is 1. The molecule has 2 heterocycles. The lowest BCUT2D eigenvalue weighted by Gasteiger charge is -1.96. The number of carbonyl (C=O) groups excluding carboxylic acids is 1. The van der Waals surface area contributed by atoms with E-state index in [4.69, 9.17) is 4.74 Å². The van der Waals surface area contributed by atoms with Crippen molar-refractivity contribution in [3.8, 4) is 5.13 Å². The molecule has 0 spiro atoms. The summed E-state index contributed by atoms with van der Waals surface area (Å²) in [7, 11) is 0. The van der Waals surface area contributed by atoms with Gasteiger partial charge in [-0.05, 0) is 6.92 Å². The highest BCUT2D eigenvalue weighted by Crippen LogP contribution is 2.11. The summed E-state index contributed by atoms with van der Waals surface area (Å²) >= 11 is 1.45. The Balaban J connectivity index is 2.21. The molecule has 2 rings (SSSR count). The van der Waals surface area contributed by atoms with E-state index in [0.29, 0.717) is 12.2 Å². The van der Waals surface area contributed by atoms with Gasteiger partial charge in [0.1, 0.15) is 0 Å². The minimum atomic E-state index is -0.361. The molecule has 0 saturated heterocycles. The summed E-state index contributed by atoms with van der Waals surface area (Å²) in [5.74, 6) is -0.361. The van der Waals surface area contributed by atoms with Gasteiger partial charge >= 0.3 is 5.97 Å². The molecule has 0 unspecified atom stereocenters. The molecule has 0 aromatic carbocycles. The van der Waals surface area contributed by atoms with Crippen molar-refractivity contribution in [2.75, 3.05) is 6.61 Å². The van der Waals surface area contributed by atoms with Crippen molar-refractivity contribution in [1.29, 1.82) is 0 Å². The maximum Gasteiger partial charge on any atom is 0.341 e. The van der Waals surface area contributed by atoms with Crippen molar-refractivity contribution < 1.29 is 9.53 Å². The Kier molecular flexibility index (Phi) is 2.77. The third-order valence-electron chi connectivity index (χ3n) is 1.71. The number of esters is 1. The predicted molar refractivity (Wildman–Crippen MR) is 55.2 cm³/mol. The zero-order valence-electron chi connectivity index (χ0n) is 8.08. The van der Waals surface area contributed by atoms with Gasteiger partial charge in [0.15, 0.2) is 0 Å². The van der Waals surface area contributed by atoms with Crippen LogP contribution in [0.2, 0.25) is 0 Å². The maximum atomic E-state index is 11.3. The molecule has 0 aliphatic rings. The second-order valence-corrected chi connectivity index (χ2v) is 3.58. The molecule has 2 aromatic rings. The highest BCUT2D eigenvalue weighted by Gasteiger charge is 2.10. The fraction of sp³-hybridized carbons (Fsp3) is 0.222. The lowest BCUT2D eigenvalue weighted by atomic mass is 10.4. The van der Waals surface area contributed by atoms with Crippen LogP contribution in [0.5, 0.6) is 0 Å². The van der Waals surface area contributed by atoms with Gasteiger partial charge in [0.05, 0.1) is 18.4 Å². The molecule has 0 fully saturated rings. The maximum absolute atomic E-state index is 11.3. The van der Waals surface area contributed by atoms with Gasteiger partial charge in [0, 0.05) is 17.8 Å². The normalized spacial score (nSPS) is 10.2. The van der Waals surface area contributed by atoms with Gasteiger partial charge in [0.2, 0.25) is 5.13 Å². The first-order valence-electron chi connectivity index (χ1n) is 4.43. The first-order chi connectivity index (χ1) is 7.31. The van der Waals surface area contributed by atoms with E-state index < -0.39 is 0 Å².